The minimum absolute atomic E-state index is 0.386. The third kappa shape index (κ3) is 3.06. The van der Waals surface area contributed by atoms with Crippen LogP contribution in [-0.2, 0) is 4.79 Å². The van der Waals surface area contributed by atoms with Crippen molar-refractivity contribution in [3.63, 3.8) is 0 Å². The number of aryl methyl sites for hydroxylation is 1. The van der Waals surface area contributed by atoms with Crippen LogP contribution in [0.2, 0.25) is 0 Å². The van der Waals surface area contributed by atoms with Crippen LogP contribution in [0.15, 0.2) is 18.2 Å². The lowest BCUT2D eigenvalue weighted by atomic mass is 10.0. The predicted octanol–water partition coefficient (Wildman–Crippen LogP) is 2.02. The van der Waals surface area contributed by atoms with E-state index in [0.29, 0.717) is 11.7 Å². The molecule has 0 heterocycles. The van der Waals surface area contributed by atoms with Crippen molar-refractivity contribution in [2.45, 2.75) is 26.7 Å². The topological polar surface area (TPSA) is 46.5 Å². The molecule has 0 radical (unpaired) electrons. The molecule has 1 aromatic rings. The van der Waals surface area contributed by atoms with Crippen molar-refractivity contribution >= 4 is 5.97 Å². The van der Waals surface area contributed by atoms with Crippen LogP contribution in [0.25, 0.3) is 0 Å². The molecule has 3 heteroatoms. The first-order chi connectivity index (χ1) is 7.04. The summed E-state index contributed by atoms with van der Waals surface area (Å²) in [6.45, 7) is 5.42. The lowest BCUT2D eigenvalue weighted by molar-refractivity contribution is -0.137. The maximum atomic E-state index is 10.9. The summed E-state index contributed by atoms with van der Waals surface area (Å²) in [5, 5.41) is 8.59. The summed E-state index contributed by atoms with van der Waals surface area (Å²) in [6, 6.07) is 5.76. The lowest BCUT2D eigenvalue weighted by Gasteiger charge is -2.10. The number of esters is 1. The molecule has 0 saturated carbocycles. The number of carbonyl (C=O) groups is 1. The lowest BCUT2D eigenvalue weighted by Crippen LogP contribution is -2.13. The third-order valence-electron chi connectivity index (χ3n) is 2.23. The molecule has 1 N–H and O–H groups in total. The van der Waals surface area contributed by atoms with Crippen molar-refractivity contribution in [1.29, 1.82) is 0 Å². The Morgan fingerprint density at radius 3 is 2.67 bits per heavy atom. The molecule has 0 saturated heterocycles. The van der Waals surface area contributed by atoms with Gasteiger partial charge in [-0.3, -0.25) is 0 Å². The Balaban J connectivity index is 2.95. The van der Waals surface area contributed by atoms with E-state index in [0.717, 1.165) is 11.1 Å². The maximum Gasteiger partial charge on any atom is 0.337 e. The zero-order chi connectivity index (χ0) is 11.4. The summed E-state index contributed by atoms with van der Waals surface area (Å²) in [5.74, 6) is 0.288. The van der Waals surface area contributed by atoms with Gasteiger partial charge >= 0.3 is 5.97 Å². The Kier molecular flexibility index (Phi) is 3.86. The van der Waals surface area contributed by atoms with Gasteiger partial charge in [0.05, 0.1) is 0 Å². The van der Waals surface area contributed by atoms with E-state index in [2.05, 4.69) is 13.8 Å². The molecule has 82 valence electrons. The van der Waals surface area contributed by atoms with Crippen molar-refractivity contribution in [2.75, 3.05) is 6.61 Å². The normalized spacial score (nSPS) is 10.5. The van der Waals surface area contributed by atoms with Gasteiger partial charge in [-0.2, -0.15) is 0 Å². The molecular formula is C12H16O3. The van der Waals surface area contributed by atoms with E-state index in [4.69, 9.17) is 9.84 Å². The van der Waals surface area contributed by atoms with Crippen LogP contribution in [0.3, 0.4) is 0 Å². The number of benzene rings is 1. The highest BCUT2D eigenvalue weighted by atomic mass is 16.5. The van der Waals surface area contributed by atoms with E-state index >= 15 is 0 Å². The van der Waals surface area contributed by atoms with Crippen LogP contribution in [0, 0.1) is 6.92 Å². The molecule has 15 heavy (non-hydrogen) atoms. The summed E-state index contributed by atoms with van der Waals surface area (Å²) in [6.07, 6.45) is 0. The molecule has 1 rings (SSSR count). The molecule has 0 fully saturated rings. The molecule has 0 atom stereocenters. The molecule has 0 aromatic heterocycles. The molecule has 0 amide bonds. The second-order valence-corrected chi connectivity index (χ2v) is 3.81. The number of aliphatic hydroxyl groups excluding tert-OH is 1. The van der Waals surface area contributed by atoms with Crippen molar-refractivity contribution < 1.29 is 14.6 Å². The van der Waals surface area contributed by atoms with Crippen LogP contribution in [-0.4, -0.2) is 17.7 Å². The molecule has 0 bridgehead atoms. The SMILES string of the molecule is Cc1ccc(C(C)C)cc1OC(=O)CO. The van der Waals surface area contributed by atoms with Crippen molar-refractivity contribution in [3.8, 4) is 5.75 Å². The number of hydrogen-bond donors (Lipinski definition) is 1. The van der Waals surface area contributed by atoms with Gasteiger partial charge in [0.2, 0.25) is 0 Å². The fraction of sp³-hybridized carbons (Fsp3) is 0.417. The van der Waals surface area contributed by atoms with Gasteiger partial charge in [-0.1, -0.05) is 26.0 Å². The van der Waals surface area contributed by atoms with Crippen LogP contribution in [0.4, 0.5) is 0 Å². The summed E-state index contributed by atoms with van der Waals surface area (Å²) < 4.78 is 5.00. The number of aliphatic hydroxyl groups is 1. The van der Waals surface area contributed by atoms with E-state index in [1.54, 1.807) is 0 Å². The van der Waals surface area contributed by atoms with E-state index in [1.807, 2.05) is 25.1 Å². The molecule has 0 unspecified atom stereocenters. The summed E-state index contributed by atoms with van der Waals surface area (Å²) in [4.78, 5) is 10.9. The number of rotatable bonds is 3. The van der Waals surface area contributed by atoms with E-state index in [1.165, 1.54) is 0 Å². The number of hydrogen-bond acceptors (Lipinski definition) is 3. The highest BCUT2D eigenvalue weighted by Crippen LogP contribution is 2.24. The first-order valence-electron chi connectivity index (χ1n) is 4.96. The average molecular weight is 208 g/mol. The average Bonchev–Trinajstić information content (AvgIpc) is 2.20. The first-order valence-corrected chi connectivity index (χ1v) is 4.96. The summed E-state index contributed by atoms with van der Waals surface area (Å²) in [5.41, 5.74) is 2.00. The number of carbonyl (C=O) groups excluding carboxylic acids is 1. The standard InChI is InChI=1S/C12H16O3/c1-8(2)10-5-4-9(3)11(6-10)15-12(14)7-13/h4-6,8,13H,7H2,1-3H3. The van der Waals surface area contributed by atoms with Gasteiger partial charge in [0, 0.05) is 0 Å². The van der Waals surface area contributed by atoms with Crippen molar-refractivity contribution in [1.82, 2.24) is 0 Å². The first kappa shape index (κ1) is 11.7. The molecular weight excluding hydrogens is 192 g/mol. The monoisotopic (exact) mass is 208 g/mol. The number of ether oxygens (including phenoxy) is 1. The van der Waals surface area contributed by atoms with Crippen molar-refractivity contribution in [2.24, 2.45) is 0 Å². The smallest absolute Gasteiger partial charge is 0.337 e. The van der Waals surface area contributed by atoms with Gasteiger partial charge in [0.1, 0.15) is 12.4 Å². The van der Waals surface area contributed by atoms with Gasteiger partial charge in [-0.15, -0.1) is 0 Å². The van der Waals surface area contributed by atoms with E-state index in [-0.39, 0.29) is 0 Å². The van der Waals surface area contributed by atoms with Gasteiger partial charge in [0.15, 0.2) is 0 Å². The molecule has 0 spiro atoms. The molecule has 0 aliphatic rings. The Labute approximate surface area is 89.7 Å². The zero-order valence-electron chi connectivity index (χ0n) is 9.28. The largest absolute Gasteiger partial charge is 0.425 e. The zero-order valence-corrected chi connectivity index (χ0v) is 9.28. The van der Waals surface area contributed by atoms with Crippen LogP contribution in [0.5, 0.6) is 5.75 Å². The van der Waals surface area contributed by atoms with Crippen LogP contribution < -0.4 is 4.74 Å². The third-order valence-corrected chi connectivity index (χ3v) is 2.23. The second kappa shape index (κ2) is 4.94. The summed E-state index contributed by atoms with van der Waals surface area (Å²) >= 11 is 0. The van der Waals surface area contributed by atoms with Gasteiger partial charge in [-0.05, 0) is 30.0 Å². The van der Waals surface area contributed by atoms with Crippen molar-refractivity contribution in [3.05, 3.63) is 29.3 Å². The molecule has 0 aliphatic carbocycles. The van der Waals surface area contributed by atoms with Gasteiger partial charge in [0.25, 0.3) is 0 Å². The van der Waals surface area contributed by atoms with Gasteiger partial charge in [-0.25, -0.2) is 4.79 Å². The summed E-state index contributed by atoms with van der Waals surface area (Å²) in [7, 11) is 0. The van der Waals surface area contributed by atoms with E-state index < -0.39 is 12.6 Å². The molecule has 1 aromatic carbocycles. The highest BCUT2D eigenvalue weighted by molar-refractivity contribution is 5.73. The Bertz CT molecular complexity index is 356. The Morgan fingerprint density at radius 1 is 1.47 bits per heavy atom. The molecule has 0 aliphatic heterocycles. The molecule has 3 nitrogen and oxygen atoms in total. The minimum atomic E-state index is -0.626. The Hall–Kier alpha value is -1.35. The fourth-order valence-corrected chi connectivity index (χ4v) is 1.24. The quantitative estimate of drug-likeness (QED) is 0.610. The predicted molar refractivity (Wildman–Crippen MR) is 58.0 cm³/mol. The Morgan fingerprint density at radius 2 is 2.13 bits per heavy atom. The maximum absolute atomic E-state index is 10.9. The highest BCUT2D eigenvalue weighted by Gasteiger charge is 2.08. The minimum Gasteiger partial charge on any atom is -0.425 e. The van der Waals surface area contributed by atoms with Crippen LogP contribution in [0.1, 0.15) is 30.9 Å². The fourth-order valence-electron chi connectivity index (χ4n) is 1.24. The van der Waals surface area contributed by atoms with Crippen LogP contribution >= 0.6 is 0 Å². The second-order valence-electron chi connectivity index (χ2n) is 3.81. The van der Waals surface area contributed by atoms with E-state index in [9.17, 15) is 4.79 Å². The van der Waals surface area contributed by atoms with Gasteiger partial charge < -0.3 is 9.84 Å².